The van der Waals surface area contributed by atoms with Crippen LogP contribution < -0.4 is 29.3 Å². The van der Waals surface area contributed by atoms with Crippen LogP contribution >= 0.6 is 0 Å². The van der Waals surface area contributed by atoms with Crippen molar-refractivity contribution in [2.75, 3.05) is 74.3 Å². The second-order valence-corrected chi connectivity index (χ2v) is 23.6. The Labute approximate surface area is 425 Å². The highest BCUT2D eigenvalue weighted by atomic mass is 32.2. The van der Waals surface area contributed by atoms with Gasteiger partial charge in [-0.1, -0.05) is 38.1 Å². The molecule has 1 spiro atoms. The number of fused-ring (bicyclic) bond motifs is 3. The topological polar surface area (TPSA) is 197 Å². The zero-order chi connectivity index (χ0) is 50.3. The fourth-order valence-electron chi connectivity index (χ4n) is 12.8. The van der Waals surface area contributed by atoms with Gasteiger partial charge in [-0.05, 0) is 112 Å². The molecule has 18 nitrogen and oxygen atoms in total. The lowest BCUT2D eigenvalue weighted by molar-refractivity contribution is -0.384. The summed E-state index contributed by atoms with van der Waals surface area (Å²) in [7, 11) is -4.70. The molecule has 5 aromatic rings. The van der Waals surface area contributed by atoms with Crippen LogP contribution in [0.25, 0.3) is 11.0 Å². The van der Waals surface area contributed by atoms with Gasteiger partial charge >= 0.3 is 0 Å². The van der Waals surface area contributed by atoms with E-state index in [4.69, 9.17) is 23.9 Å². The fourth-order valence-corrected chi connectivity index (χ4v) is 13.8. The van der Waals surface area contributed by atoms with E-state index in [1.54, 1.807) is 12.3 Å². The molecule has 3 aromatic carbocycles. The Morgan fingerprint density at radius 3 is 2.51 bits per heavy atom. The van der Waals surface area contributed by atoms with Crippen LogP contribution in [0, 0.1) is 15.5 Å². The summed E-state index contributed by atoms with van der Waals surface area (Å²) >= 11 is 0. The molecule has 0 radical (unpaired) electrons. The van der Waals surface area contributed by atoms with Crippen molar-refractivity contribution in [2.24, 2.45) is 5.41 Å². The van der Waals surface area contributed by atoms with Gasteiger partial charge in [0.05, 0.1) is 65.6 Å². The van der Waals surface area contributed by atoms with Crippen LogP contribution in [-0.4, -0.2) is 135 Å². The third-order valence-corrected chi connectivity index (χ3v) is 18.2. The van der Waals surface area contributed by atoms with E-state index in [0.29, 0.717) is 79.2 Å². The monoisotopic (exact) mass is 1020 g/mol. The largest absolute Gasteiger partial charge is 0.489 e. The van der Waals surface area contributed by atoms with Crippen molar-refractivity contribution in [3.05, 3.63) is 99.7 Å². The molecule has 1 aliphatic carbocycles. The Morgan fingerprint density at radius 2 is 1.74 bits per heavy atom. The van der Waals surface area contributed by atoms with Gasteiger partial charge in [0.2, 0.25) is 5.88 Å². The molecular weight excluding hydrogens is 951 g/mol. The summed E-state index contributed by atoms with van der Waals surface area (Å²) in [6.07, 6.45) is 8.08. The number of hydrogen-bond donors (Lipinski definition) is 3. The molecule has 73 heavy (non-hydrogen) atoms. The standard InChI is InChI=1S/C54H65N9O9S/c1-32(2)40-8-5-6-9-41(40)44-10-7-17-60(44)37-24-54(25-37)14-18-59(19-15-54)36-11-12-42(45(21-36)62-26-34(4)72-53-47(62)20-35-13-16-55-51(35)57-53)52(64)58-73(67,68)39-22-46(63(65)66)50-48(23-39)71-31-43(56-50)49-27-61(33(3)28-70-49)38-29-69-30-38/h5-6,8-9,11-13,16,20-23,32-34,37-38,43-44,49,56H,7,10,14-15,17-19,24-31H2,1-4H3,(H,55,57)(H,58,64)/t33-,34-,43+,44+,49-/m1/s1. The molecule has 2 aromatic heterocycles. The number of aromatic amines is 1. The molecule has 19 heteroatoms. The minimum Gasteiger partial charge on any atom is -0.489 e. The molecule has 4 saturated heterocycles. The van der Waals surface area contributed by atoms with Gasteiger partial charge in [0.25, 0.3) is 21.6 Å². The van der Waals surface area contributed by atoms with E-state index in [9.17, 15) is 23.3 Å². The number of nitro benzene ring substituents is 1. The number of hydrogen-bond acceptors (Lipinski definition) is 15. The lowest BCUT2D eigenvalue weighted by atomic mass is 9.59. The molecule has 0 unspecified atom stereocenters. The van der Waals surface area contributed by atoms with E-state index in [1.165, 1.54) is 42.9 Å². The normalized spacial score (nSPS) is 25.6. The number of carbonyl (C=O) groups excluding carboxylic acids is 1. The molecule has 8 heterocycles. The Balaban J connectivity index is 0.795. The molecule has 386 valence electrons. The summed E-state index contributed by atoms with van der Waals surface area (Å²) in [5.41, 5.74) is 5.62. The van der Waals surface area contributed by atoms with Crippen molar-refractivity contribution in [2.45, 2.75) is 119 Å². The van der Waals surface area contributed by atoms with Gasteiger partial charge in [-0.2, -0.15) is 4.98 Å². The van der Waals surface area contributed by atoms with Crippen LogP contribution in [0.5, 0.6) is 11.6 Å². The number of anilines is 4. The lowest BCUT2D eigenvalue weighted by Gasteiger charge is -2.56. The first kappa shape index (κ1) is 48.0. The van der Waals surface area contributed by atoms with Crippen molar-refractivity contribution in [1.29, 1.82) is 0 Å². The first-order valence-electron chi connectivity index (χ1n) is 26.1. The number of carbonyl (C=O) groups is 1. The zero-order valence-corrected chi connectivity index (χ0v) is 42.7. The number of nitrogens with zero attached hydrogens (tertiary/aromatic N) is 6. The first-order valence-corrected chi connectivity index (χ1v) is 27.6. The van der Waals surface area contributed by atoms with E-state index in [2.05, 4.69) is 74.8 Å². The summed E-state index contributed by atoms with van der Waals surface area (Å²) in [5.74, 6) is -0.0244. The van der Waals surface area contributed by atoms with Gasteiger partial charge in [-0.3, -0.25) is 24.7 Å². The molecule has 5 atom stereocenters. The SMILES string of the molecule is CC(C)c1ccccc1[C@@H]1CCCN1C1CC2(CCN(c3ccc(C(=O)NS(=O)(=O)c4cc5c(c([N+](=O)[O-])c4)N[C@H]([C@H]4CN(C6COC6)[C@H](C)CO4)CO5)c(N4C[C@@H](C)Oc5nc6[nH]ccc6cc54)c3)CC2)C1. The van der Waals surface area contributed by atoms with Gasteiger partial charge in [-0.15, -0.1) is 0 Å². The molecule has 7 aliphatic rings. The highest BCUT2D eigenvalue weighted by Gasteiger charge is 2.50. The molecule has 12 rings (SSSR count). The number of pyridine rings is 1. The summed E-state index contributed by atoms with van der Waals surface area (Å²) in [4.78, 5) is 43.6. The molecule has 5 fully saturated rings. The van der Waals surface area contributed by atoms with Gasteiger partial charge in [0.15, 0.2) is 11.4 Å². The number of aromatic nitrogens is 2. The molecule has 1 saturated carbocycles. The summed E-state index contributed by atoms with van der Waals surface area (Å²) in [6.45, 7) is 14.2. The molecule has 0 bridgehead atoms. The van der Waals surface area contributed by atoms with Gasteiger partial charge in [-0.25, -0.2) is 13.1 Å². The first-order chi connectivity index (χ1) is 35.2. The van der Waals surface area contributed by atoms with Crippen LogP contribution in [0.3, 0.4) is 0 Å². The lowest BCUT2D eigenvalue weighted by Crippen LogP contribution is -2.62. The van der Waals surface area contributed by atoms with E-state index in [0.717, 1.165) is 49.6 Å². The number of benzene rings is 3. The summed E-state index contributed by atoms with van der Waals surface area (Å²) < 4.78 is 54.9. The van der Waals surface area contributed by atoms with Crippen molar-refractivity contribution in [3.8, 4) is 11.6 Å². The highest BCUT2D eigenvalue weighted by molar-refractivity contribution is 7.90. The Bertz CT molecular complexity index is 3050. The predicted octanol–water partition coefficient (Wildman–Crippen LogP) is 7.88. The number of piperidine rings is 1. The number of ether oxygens (including phenoxy) is 4. The highest BCUT2D eigenvalue weighted by Crippen LogP contribution is 2.55. The number of morpholine rings is 1. The summed E-state index contributed by atoms with van der Waals surface area (Å²) in [5, 5.41) is 16.7. The van der Waals surface area contributed by atoms with E-state index >= 15 is 0 Å². The maximum Gasteiger partial charge on any atom is 0.297 e. The maximum absolute atomic E-state index is 14.6. The Kier molecular flexibility index (Phi) is 12.3. The number of sulfonamides is 1. The fraction of sp³-hybridized carbons (Fsp3) is 0.519. The minimum absolute atomic E-state index is 0.00684. The average molecular weight is 1020 g/mol. The van der Waals surface area contributed by atoms with Gasteiger partial charge in [0, 0.05) is 67.2 Å². The second-order valence-electron chi connectivity index (χ2n) is 21.9. The maximum atomic E-state index is 14.6. The van der Waals surface area contributed by atoms with Crippen molar-refractivity contribution >= 4 is 55.4 Å². The minimum atomic E-state index is -4.70. The number of likely N-dealkylation sites (tertiary alicyclic amines) is 1. The van der Waals surface area contributed by atoms with Crippen LogP contribution in [0.4, 0.5) is 28.4 Å². The summed E-state index contributed by atoms with van der Waals surface area (Å²) in [6, 6.07) is 21.7. The van der Waals surface area contributed by atoms with Crippen molar-refractivity contribution in [3.63, 3.8) is 0 Å². The third kappa shape index (κ3) is 8.83. The van der Waals surface area contributed by atoms with Crippen molar-refractivity contribution < 1.29 is 37.1 Å². The number of nitro groups is 1. The van der Waals surface area contributed by atoms with E-state index < -0.39 is 37.5 Å². The zero-order valence-electron chi connectivity index (χ0n) is 41.9. The average Bonchev–Trinajstić information content (AvgIpc) is 4.04. The molecule has 1 amide bonds. The Hall–Kier alpha value is -5.99. The molecule has 6 aliphatic heterocycles. The number of rotatable bonds is 11. The van der Waals surface area contributed by atoms with E-state index in [1.807, 2.05) is 36.1 Å². The van der Waals surface area contributed by atoms with Crippen molar-refractivity contribution in [1.82, 2.24) is 24.5 Å². The third-order valence-electron chi connectivity index (χ3n) is 16.9. The number of amides is 1. The molecule has 3 N–H and O–H groups in total. The van der Waals surface area contributed by atoms with Crippen LogP contribution in [0.2, 0.25) is 0 Å². The number of nitrogens with one attached hydrogen (secondary N) is 3. The Morgan fingerprint density at radius 1 is 0.932 bits per heavy atom. The predicted molar refractivity (Wildman–Crippen MR) is 277 cm³/mol. The molecular formula is C54H65N9O9S. The van der Waals surface area contributed by atoms with E-state index in [-0.39, 0.29) is 47.9 Å². The number of H-pyrrole nitrogens is 1. The van der Waals surface area contributed by atoms with Crippen LogP contribution in [-0.2, 0) is 19.5 Å². The van der Waals surface area contributed by atoms with Gasteiger partial charge in [0.1, 0.15) is 24.0 Å². The second kappa shape index (κ2) is 18.7. The van der Waals surface area contributed by atoms with Gasteiger partial charge < -0.3 is 39.0 Å². The smallest absolute Gasteiger partial charge is 0.297 e. The van der Waals surface area contributed by atoms with Crippen LogP contribution in [0.15, 0.2) is 77.8 Å². The quantitative estimate of drug-likeness (QED) is 0.0853. The van der Waals surface area contributed by atoms with Crippen LogP contribution in [0.1, 0.15) is 99.7 Å².